The molecule has 1 atom stereocenters. The molecule has 2 aromatic rings. The van der Waals surface area contributed by atoms with Crippen molar-refractivity contribution >= 4 is 34.9 Å². The zero-order valence-electron chi connectivity index (χ0n) is 17.9. The summed E-state index contributed by atoms with van der Waals surface area (Å²) in [6.07, 6.45) is 1.87. The Morgan fingerprint density at radius 1 is 1.15 bits per heavy atom. The first-order chi connectivity index (χ1) is 15.7. The van der Waals surface area contributed by atoms with E-state index in [-0.39, 0.29) is 41.7 Å². The zero-order valence-corrected chi connectivity index (χ0v) is 19.4. The predicted molar refractivity (Wildman–Crippen MR) is 120 cm³/mol. The molecule has 3 fully saturated rings. The number of halogens is 3. The molecule has 1 amide bonds. The number of ketones is 1. The summed E-state index contributed by atoms with van der Waals surface area (Å²) < 4.78 is 30.2. The predicted octanol–water partition coefficient (Wildman–Crippen LogP) is 4.66. The minimum absolute atomic E-state index is 0.00670. The Bertz CT molecular complexity index is 1130. The van der Waals surface area contributed by atoms with Crippen molar-refractivity contribution in [2.45, 2.75) is 44.2 Å². The summed E-state index contributed by atoms with van der Waals surface area (Å²) in [4.78, 5) is 25.1. The topological polar surface area (TPSA) is 73.9 Å². The fourth-order valence-corrected chi connectivity index (χ4v) is 5.50. The van der Waals surface area contributed by atoms with Gasteiger partial charge in [-0.15, -0.1) is 0 Å². The van der Waals surface area contributed by atoms with Gasteiger partial charge >= 0.3 is 0 Å². The Labute approximate surface area is 200 Å². The van der Waals surface area contributed by atoms with Crippen molar-refractivity contribution in [2.75, 3.05) is 13.2 Å². The largest absolute Gasteiger partial charge is 0.486 e. The van der Waals surface area contributed by atoms with Crippen molar-refractivity contribution in [3.63, 3.8) is 0 Å². The highest BCUT2D eigenvalue weighted by Gasteiger charge is 2.68. The molecule has 1 heterocycles. The van der Waals surface area contributed by atoms with Gasteiger partial charge in [0.25, 0.3) is 5.91 Å². The van der Waals surface area contributed by atoms with Crippen molar-refractivity contribution in [3.05, 3.63) is 51.8 Å². The summed E-state index contributed by atoms with van der Waals surface area (Å²) >= 11 is 12.0. The van der Waals surface area contributed by atoms with E-state index in [0.717, 1.165) is 19.3 Å². The van der Waals surface area contributed by atoms with Gasteiger partial charge < -0.3 is 19.5 Å². The third-order valence-electron chi connectivity index (χ3n) is 6.57. The Kier molecular flexibility index (Phi) is 5.45. The summed E-state index contributed by atoms with van der Waals surface area (Å²) in [5.41, 5.74) is 0.112. The Hall–Kier alpha value is -2.51. The quantitative estimate of drug-likeness (QED) is 0.607. The molecule has 1 aliphatic heterocycles. The third kappa shape index (κ3) is 4.24. The van der Waals surface area contributed by atoms with Crippen LogP contribution in [0.25, 0.3) is 0 Å². The molecule has 1 N–H and O–H groups in total. The van der Waals surface area contributed by atoms with Crippen LogP contribution in [0.5, 0.6) is 17.2 Å². The van der Waals surface area contributed by atoms with Crippen LogP contribution in [0.15, 0.2) is 30.3 Å². The van der Waals surface area contributed by atoms with Gasteiger partial charge in [0.05, 0.1) is 10.0 Å². The molecule has 9 heteroatoms. The second-order valence-electron chi connectivity index (χ2n) is 9.35. The maximum Gasteiger partial charge on any atom is 0.265 e. The number of hydrogen-bond acceptors (Lipinski definition) is 5. The minimum Gasteiger partial charge on any atom is -0.486 e. The van der Waals surface area contributed by atoms with E-state index >= 15 is 0 Å². The summed E-state index contributed by atoms with van der Waals surface area (Å²) in [6, 6.07) is 7.52. The Morgan fingerprint density at radius 2 is 1.85 bits per heavy atom. The van der Waals surface area contributed by atoms with Gasteiger partial charge in [0.15, 0.2) is 17.3 Å². The molecule has 0 spiro atoms. The fraction of sp³-hybridized carbons (Fsp3) is 0.417. The van der Waals surface area contributed by atoms with Gasteiger partial charge in [-0.2, -0.15) is 0 Å². The smallest absolute Gasteiger partial charge is 0.265 e. The average Bonchev–Trinajstić information content (AvgIpc) is 2.72. The van der Waals surface area contributed by atoms with Crippen LogP contribution in [0.1, 0.15) is 31.2 Å². The molecule has 6 nitrogen and oxygen atoms in total. The van der Waals surface area contributed by atoms with Gasteiger partial charge in [-0.1, -0.05) is 23.2 Å². The van der Waals surface area contributed by atoms with Gasteiger partial charge in [0.2, 0.25) is 6.10 Å². The van der Waals surface area contributed by atoms with Gasteiger partial charge in [0, 0.05) is 24.1 Å². The van der Waals surface area contributed by atoms with Crippen LogP contribution in [0.3, 0.4) is 0 Å². The first-order valence-electron chi connectivity index (χ1n) is 10.7. The summed E-state index contributed by atoms with van der Waals surface area (Å²) in [7, 11) is 0. The number of fused-ring (bicyclic) bond motifs is 1. The number of rotatable bonds is 7. The second-order valence-corrected chi connectivity index (χ2v) is 10.2. The van der Waals surface area contributed by atoms with Crippen LogP contribution in [0, 0.1) is 18.2 Å². The highest BCUT2D eigenvalue weighted by molar-refractivity contribution is 6.42. The van der Waals surface area contributed by atoms with E-state index in [2.05, 4.69) is 5.32 Å². The lowest BCUT2D eigenvalue weighted by Gasteiger charge is -2.70. The number of Topliss-reactive ketones (excluding diaryl/α,β-unsaturated/α-hetero) is 1. The number of carbonyl (C=O) groups is 2. The molecule has 0 radical (unpaired) electrons. The van der Waals surface area contributed by atoms with Gasteiger partial charge in [-0.05, 0) is 55.4 Å². The molecule has 4 aliphatic rings. The lowest BCUT2D eigenvalue weighted by Crippen LogP contribution is -2.76. The number of nitrogens with one attached hydrogen (secondary N) is 1. The van der Waals surface area contributed by atoms with Crippen molar-refractivity contribution in [2.24, 2.45) is 5.41 Å². The van der Waals surface area contributed by atoms with E-state index in [1.165, 1.54) is 18.2 Å². The number of benzene rings is 2. The van der Waals surface area contributed by atoms with E-state index < -0.39 is 6.10 Å². The van der Waals surface area contributed by atoms with Crippen LogP contribution < -0.4 is 19.5 Å². The average molecular weight is 494 g/mol. The molecule has 6 rings (SSSR count). The van der Waals surface area contributed by atoms with Crippen LogP contribution in [0.4, 0.5) is 4.39 Å². The lowest BCUT2D eigenvalue weighted by molar-refractivity contribution is -0.176. The highest BCUT2D eigenvalue weighted by atomic mass is 35.5. The van der Waals surface area contributed by atoms with Crippen molar-refractivity contribution in [1.29, 1.82) is 0 Å². The second kappa shape index (κ2) is 8.06. The van der Waals surface area contributed by atoms with E-state index in [9.17, 15) is 14.0 Å². The Morgan fingerprint density at radius 3 is 2.55 bits per heavy atom. The van der Waals surface area contributed by atoms with E-state index in [1.807, 2.05) is 0 Å². The molecule has 3 saturated carbocycles. The SMILES string of the molecule is Cc1cc(OCC(=O)CC23CC(NC(=O)C4COc5cc(Cl)c(Cl)cc5O4)(C2)C3)ccc1F. The maximum absolute atomic E-state index is 13.3. The lowest BCUT2D eigenvalue weighted by atomic mass is 9.38. The van der Waals surface area contributed by atoms with Crippen LogP contribution in [-0.2, 0) is 9.59 Å². The fourth-order valence-electron chi connectivity index (χ4n) is 5.20. The number of carbonyl (C=O) groups excluding carboxylic acids is 2. The molecule has 3 aliphatic carbocycles. The van der Waals surface area contributed by atoms with Crippen LogP contribution >= 0.6 is 23.2 Å². The molecule has 2 aromatic carbocycles. The number of amides is 1. The molecule has 174 valence electrons. The van der Waals surface area contributed by atoms with Crippen molar-refractivity contribution < 1.29 is 28.2 Å². The van der Waals surface area contributed by atoms with E-state index in [1.54, 1.807) is 19.1 Å². The molecule has 0 saturated heterocycles. The van der Waals surface area contributed by atoms with Crippen molar-refractivity contribution in [3.8, 4) is 17.2 Å². The molecule has 0 aromatic heterocycles. The van der Waals surface area contributed by atoms with Crippen LogP contribution in [-0.4, -0.2) is 36.5 Å². The number of ether oxygens (including phenoxy) is 3. The summed E-state index contributed by atoms with van der Waals surface area (Å²) in [6.45, 7) is 1.68. The normalized spacial score (nSPS) is 26.6. The highest BCUT2D eigenvalue weighted by Crippen LogP contribution is 2.69. The summed E-state index contributed by atoms with van der Waals surface area (Å²) in [5.74, 6) is 0.747. The minimum atomic E-state index is -0.783. The van der Waals surface area contributed by atoms with Gasteiger partial charge in [0.1, 0.15) is 24.8 Å². The first kappa shape index (κ1) is 22.3. The molecule has 33 heavy (non-hydrogen) atoms. The number of hydrogen-bond donors (Lipinski definition) is 1. The molecular formula is C24H22Cl2FNO5. The van der Waals surface area contributed by atoms with Crippen LogP contribution in [0.2, 0.25) is 10.0 Å². The monoisotopic (exact) mass is 493 g/mol. The first-order valence-corrected chi connectivity index (χ1v) is 11.4. The maximum atomic E-state index is 13.3. The zero-order chi connectivity index (χ0) is 23.4. The number of aryl methyl sites for hydroxylation is 1. The van der Waals surface area contributed by atoms with Gasteiger partial charge in [-0.3, -0.25) is 9.59 Å². The Balaban J connectivity index is 1.09. The molecule has 1 unspecified atom stereocenters. The summed E-state index contributed by atoms with van der Waals surface area (Å²) in [5, 5.41) is 3.75. The molecular weight excluding hydrogens is 472 g/mol. The van der Waals surface area contributed by atoms with Crippen molar-refractivity contribution in [1.82, 2.24) is 5.32 Å². The van der Waals surface area contributed by atoms with E-state index in [4.69, 9.17) is 37.4 Å². The standard InChI is InChI=1S/C24H22Cl2FNO5/c1-13-4-15(2-3-18(13)27)31-8-14(29)7-23-10-24(11-23,12-23)28-22(30)21-9-32-19-5-16(25)17(26)6-20(19)33-21/h2-6,21H,7-12H2,1H3,(H,28,30). The molecule has 2 bridgehead atoms. The van der Waals surface area contributed by atoms with E-state index in [0.29, 0.717) is 39.3 Å². The third-order valence-corrected chi connectivity index (χ3v) is 7.29. The van der Waals surface area contributed by atoms with Gasteiger partial charge in [-0.25, -0.2) is 4.39 Å².